The zero-order chi connectivity index (χ0) is 12.0. The van der Waals surface area contributed by atoms with Crippen LogP contribution in [0.3, 0.4) is 0 Å². The highest BCUT2D eigenvalue weighted by atomic mass is 16.6. The molecule has 6 nitrogen and oxygen atoms in total. The molecule has 16 heavy (non-hydrogen) atoms. The van der Waals surface area contributed by atoms with Crippen molar-refractivity contribution in [1.29, 1.82) is 0 Å². The molecule has 0 fully saturated rings. The smallest absolute Gasteiger partial charge is 0.358 e. The standard InChI is InChI=1S/C10H18N4O2/c1-3-5-7-9-10(14(15)16)11-12-13(9)8-6-4-2/h3-8H2,1-2H3. The van der Waals surface area contributed by atoms with E-state index in [4.69, 9.17) is 0 Å². The molecule has 0 aliphatic carbocycles. The molecule has 0 radical (unpaired) electrons. The number of aromatic nitrogens is 3. The summed E-state index contributed by atoms with van der Waals surface area (Å²) >= 11 is 0. The Balaban J connectivity index is 2.85. The van der Waals surface area contributed by atoms with E-state index >= 15 is 0 Å². The van der Waals surface area contributed by atoms with Crippen LogP contribution in [0.15, 0.2) is 0 Å². The molecule has 0 saturated carbocycles. The molecule has 90 valence electrons. The molecule has 0 spiro atoms. The van der Waals surface area contributed by atoms with Crippen molar-refractivity contribution in [2.24, 2.45) is 0 Å². The molecule has 1 rings (SSSR count). The van der Waals surface area contributed by atoms with Gasteiger partial charge in [-0.05, 0) is 24.2 Å². The summed E-state index contributed by atoms with van der Waals surface area (Å²) < 4.78 is 1.68. The van der Waals surface area contributed by atoms with E-state index in [2.05, 4.69) is 24.2 Å². The zero-order valence-corrected chi connectivity index (χ0v) is 9.85. The summed E-state index contributed by atoms with van der Waals surface area (Å²) in [5, 5.41) is 18.2. The van der Waals surface area contributed by atoms with Gasteiger partial charge in [0.2, 0.25) is 0 Å². The molecule has 0 unspecified atom stereocenters. The van der Waals surface area contributed by atoms with Crippen LogP contribution in [0.4, 0.5) is 5.82 Å². The number of nitro groups is 1. The average molecular weight is 226 g/mol. The quantitative estimate of drug-likeness (QED) is 0.528. The molecule has 1 heterocycles. The fourth-order valence-electron chi connectivity index (χ4n) is 1.54. The van der Waals surface area contributed by atoms with Crippen molar-refractivity contribution in [3.05, 3.63) is 15.8 Å². The first-order valence-electron chi connectivity index (χ1n) is 5.77. The topological polar surface area (TPSA) is 73.8 Å². The van der Waals surface area contributed by atoms with Crippen molar-refractivity contribution in [2.75, 3.05) is 0 Å². The summed E-state index contributed by atoms with van der Waals surface area (Å²) in [5.74, 6) is -0.0791. The van der Waals surface area contributed by atoms with Gasteiger partial charge >= 0.3 is 5.82 Å². The van der Waals surface area contributed by atoms with Gasteiger partial charge in [0.05, 0.1) is 5.21 Å². The first-order valence-corrected chi connectivity index (χ1v) is 5.77. The lowest BCUT2D eigenvalue weighted by molar-refractivity contribution is -0.390. The van der Waals surface area contributed by atoms with Gasteiger partial charge in [-0.1, -0.05) is 26.7 Å². The van der Waals surface area contributed by atoms with Gasteiger partial charge in [-0.15, -0.1) is 0 Å². The summed E-state index contributed by atoms with van der Waals surface area (Å²) in [7, 11) is 0. The average Bonchev–Trinajstić information content (AvgIpc) is 2.66. The molecular weight excluding hydrogens is 208 g/mol. The zero-order valence-electron chi connectivity index (χ0n) is 9.85. The minimum absolute atomic E-state index is 0.0791. The van der Waals surface area contributed by atoms with Gasteiger partial charge in [-0.3, -0.25) is 0 Å². The lowest BCUT2D eigenvalue weighted by Crippen LogP contribution is -2.06. The largest absolute Gasteiger partial charge is 0.413 e. The van der Waals surface area contributed by atoms with Crippen LogP contribution in [0.5, 0.6) is 0 Å². The molecule has 0 aliphatic rings. The predicted molar refractivity (Wildman–Crippen MR) is 60.2 cm³/mol. The first kappa shape index (κ1) is 12.6. The normalized spacial score (nSPS) is 10.6. The van der Waals surface area contributed by atoms with E-state index in [-0.39, 0.29) is 5.82 Å². The first-order chi connectivity index (χ1) is 7.70. The van der Waals surface area contributed by atoms with E-state index in [1.54, 1.807) is 4.68 Å². The van der Waals surface area contributed by atoms with Crippen molar-refractivity contribution in [3.8, 4) is 0 Å². The lowest BCUT2D eigenvalue weighted by Gasteiger charge is -2.02. The van der Waals surface area contributed by atoms with Crippen molar-refractivity contribution >= 4 is 5.82 Å². The second-order valence-corrected chi connectivity index (χ2v) is 3.80. The molecule has 6 heteroatoms. The summed E-state index contributed by atoms with van der Waals surface area (Å²) in [5.41, 5.74) is 0.667. The second-order valence-electron chi connectivity index (χ2n) is 3.80. The van der Waals surface area contributed by atoms with Crippen LogP contribution in [-0.4, -0.2) is 19.9 Å². The highest BCUT2D eigenvalue weighted by Gasteiger charge is 2.22. The van der Waals surface area contributed by atoms with Crippen LogP contribution in [0.25, 0.3) is 0 Å². The Morgan fingerprint density at radius 1 is 1.31 bits per heavy atom. The second kappa shape index (κ2) is 6.19. The SMILES string of the molecule is CCCCc1c([N+](=O)[O-])nnn1CCCC. The Labute approximate surface area is 94.8 Å². The molecule has 1 aromatic rings. The number of hydrogen-bond donors (Lipinski definition) is 0. The van der Waals surface area contributed by atoms with E-state index in [0.717, 1.165) is 32.2 Å². The maximum Gasteiger partial charge on any atom is 0.413 e. The Morgan fingerprint density at radius 2 is 2.00 bits per heavy atom. The van der Waals surface area contributed by atoms with Gasteiger partial charge in [0.1, 0.15) is 10.8 Å². The van der Waals surface area contributed by atoms with E-state index < -0.39 is 4.92 Å². The Morgan fingerprint density at radius 3 is 2.56 bits per heavy atom. The third-order valence-electron chi connectivity index (χ3n) is 2.48. The maximum absolute atomic E-state index is 10.8. The molecule has 1 aromatic heterocycles. The van der Waals surface area contributed by atoms with Crippen LogP contribution in [0.2, 0.25) is 0 Å². The molecule has 0 N–H and O–H groups in total. The number of aryl methyl sites for hydroxylation is 1. The number of rotatable bonds is 7. The van der Waals surface area contributed by atoms with Crippen LogP contribution in [0, 0.1) is 10.1 Å². The van der Waals surface area contributed by atoms with Crippen LogP contribution >= 0.6 is 0 Å². The predicted octanol–water partition coefficient (Wildman–Crippen LogP) is 2.33. The third-order valence-corrected chi connectivity index (χ3v) is 2.48. The van der Waals surface area contributed by atoms with Gasteiger partial charge in [-0.2, -0.15) is 0 Å². The molecule has 0 aromatic carbocycles. The summed E-state index contributed by atoms with van der Waals surface area (Å²) in [6.07, 6.45) is 4.64. The van der Waals surface area contributed by atoms with Gasteiger partial charge < -0.3 is 10.1 Å². The number of nitrogens with zero attached hydrogens (tertiary/aromatic N) is 4. The molecule has 0 aliphatic heterocycles. The Bertz CT molecular complexity index is 349. The molecule has 0 saturated heterocycles. The van der Waals surface area contributed by atoms with Gasteiger partial charge in [0, 0.05) is 6.54 Å². The monoisotopic (exact) mass is 226 g/mol. The fraction of sp³-hybridized carbons (Fsp3) is 0.800. The fourth-order valence-corrected chi connectivity index (χ4v) is 1.54. The van der Waals surface area contributed by atoms with E-state index in [1.165, 1.54) is 0 Å². The van der Waals surface area contributed by atoms with Crippen LogP contribution in [-0.2, 0) is 13.0 Å². The maximum atomic E-state index is 10.8. The summed E-state index contributed by atoms with van der Waals surface area (Å²) in [6, 6.07) is 0. The summed E-state index contributed by atoms with van der Waals surface area (Å²) in [4.78, 5) is 10.3. The summed E-state index contributed by atoms with van der Waals surface area (Å²) in [6.45, 7) is 4.86. The lowest BCUT2D eigenvalue weighted by atomic mass is 10.2. The number of hydrogen-bond acceptors (Lipinski definition) is 4. The van der Waals surface area contributed by atoms with Gasteiger partial charge in [-0.25, -0.2) is 4.68 Å². The Kier molecular flexibility index (Phi) is 4.88. The van der Waals surface area contributed by atoms with Crippen molar-refractivity contribution in [3.63, 3.8) is 0 Å². The Hall–Kier alpha value is -1.46. The van der Waals surface area contributed by atoms with E-state index in [9.17, 15) is 10.1 Å². The molecular formula is C10H18N4O2. The van der Waals surface area contributed by atoms with E-state index in [1.807, 2.05) is 0 Å². The minimum atomic E-state index is -0.444. The van der Waals surface area contributed by atoms with Crippen LogP contribution < -0.4 is 0 Å². The highest BCUT2D eigenvalue weighted by molar-refractivity contribution is 5.24. The number of unbranched alkanes of at least 4 members (excludes halogenated alkanes) is 2. The highest BCUT2D eigenvalue weighted by Crippen LogP contribution is 2.17. The van der Waals surface area contributed by atoms with Gasteiger partial charge in [0.15, 0.2) is 0 Å². The van der Waals surface area contributed by atoms with Crippen molar-refractivity contribution in [1.82, 2.24) is 15.0 Å². The third kappa shape index (κ3) is 3.01. The van der Waals surface area contributed by atoms with Crippen LogP contribution in [0.1, 0.15) is 45.2 Å². The van der Waals surface area contributed by atoms with E-state index in [0.29, 0.717) is 12.1 Å². The molecule has 0 atom stereocenters. The minimum Gasteiger partial charge on any atom is -0.358 e. The molecule has 0 amide bonds. The van der Waals surface area contributed by atoms with Gasteiger partial charge in [0.25, 0.3) is 0 Å². The van der Waals surface area contributed by atoms with Crippen molar-refractivity contribution in [2.45, 2.75) is 52.5 Å². The van der Waals surface area contributed by atoms with Crippen molar-refractivity contribution < 1.29 is 4.92 Å². The molecule has 0 bridgehead atoms.